The van der Waals surface area contributed by atoms with Gasteiger partial charge >= 0.3 is 13.8 Å². The van der Waals surface area contributed by atoms with Crippen molar-refractivity contribution in [1.82, 2.24) is 9.55 Å². The highest BCUT2D eigenvalue weighted by Gasteiger charge is 2.52. The number of hydrogen-bond acceptors (Lipinski definition) is 11. The molecule has 1 unspecified atom stereocenters. The standard InChI is InChI=1S/C65H85N2O10P/c1-2-3-4-5-6-7-8-9-10-11-12-13-14-15-31-42-62(68)72-51-59(67-44-43-66-53-67)52-76-78(69,75-50-58-40-29-20-30-41-58)77-64-61(71-47-55-34-23-17-24-35-55)45-60(70-46-54-32-21-16-22-33-54)63(73-48-56-36-25-18-26-37-56)65(64)74-49-57-38-27-19-28-39-57/h16-30,32-41,43-44,53,59-61,63-65H,2-15,31,42,45-52H2,1H3/t59-,60-,61-,63+,64-,65-,78?/m1/s1. The van der Waals surface area contributed by atoms with Crippen LogP contribution < -0.4 is 0 Å². The minimum Gasteiger partial charge on any atom is -0.463 e. The van der Waals surface area contributed by atoms with Crippen LogP contribution in [0.4, 0.5) is 0 Å². The Labute approximate surface area is 465 Å². The molecule has 5 aromatic carbocycles. The highest BCUT2D eigenvalue weighted by atomic mass is 31.2. The van der Waals surface area contributed by atoms with Crippen LogP contribution in [0, 0.1) is 0 Å². The van der Waals surface area contributed by atoms with Crippen LogP contribution in [0.5, 0.6) is 0 Å². The number of ether oxygens (including phenoxy) is 5. The van der Waals surface area contributed by atoms with Crippen LogP contribution in [0.3, 0.4) is 0 Å². The molecule has 0 N–H and O–H groups in total. The molecule has 420 valence electrons. The Balaban J connectivity index is 1.07. The number of unbranched alkanes of at least 4 members (excludes halogenated alkanes) is 14. The molecule has 1 aliphatic carbocycles. The van der Waals surface area contributed by atoms with Crippen LogP contribution in [-0.4, -0.2) is 59.3 Å². The van der Waals surface area contributed by atoms with Crippen molar-refractivity contribution in [1.29, 1.82) is 0 Å². The van der Waals surface area contributed by atoms with E-state index in [2.05, 4.69) is 11.9 Å². The third kappa shape index (κ3) is 22.1. The fourth-order valence-electron chi connectivity index (χ4n) is 9.80. The fourth-order valence-corrected chi connectivity index (χ4v) is 11.2. The molecule has 13 heteroatoms. The van der Waals surface area contributed by atoms with E-state index in [1.165, 1.54) is 77.0 Å². The van der Waals surface area contributed by atoms with Gasteiger partial charge in [0, 0.05) is 25.2 Å². The summed E-state index contributed by atoms with van der Waals surface area (Å²) in [6.07, 6.45) is 20.3. The lowest BCUT2D eigenvalue weighted by molar-refractivity contribution is -0.234. The molecule has 0 radical (unpaired) electrons. The number of hydrogen-bond donors (Lipinski definition) is 0. The first kappa shape index (κ1) is 60.4. The number of carbonyl (C=O) groups excluding carboxylic acids is 1. The molecule has 1 heterocycles. The molecule has 1 aromatic heterocycles. The van der Waals surface area contributed by atoms with Gasteiger partial charge in [-0.1, -0.05) is 248 Å². The summed E-state index contributed by atoms with van der Waals surface area (Å²) in [4.78, 5) is 17.5. The van der Waals surface area contributed by atoms with Crippen LogP contribution in [0.2, 0.25) is 0 Å². The Hall–Kier alpha value is -5.27. The van der Waals surface area contributed by atoms with Crippen LogP contribution in [0.25, 0.3) is 0 Å². The summed E-state index contributed by atoms with van der Waals surface area (Å²) in [6.45, 7) is 2.88. The lowest BCUT2D eigenvalue weighted by Gasteiger charge is -2.46. The minimum absolute atomic E-state index is 0.0441. The van der Waals surface area contributed by atoms with Gasteiger partial charge in [0.2, 0.25) is 0 Å². The Morgan fingerprint density at radius 1 is 0.500 bits per heavy atom. The van der Waals surface area contributed by atoms with Crippen LogP contribution in [0.1, 0.15) is 150 Å². The second-order valence-corrected chi connectivity index (χ2v) is 22.2. The van der Waals surface area contributed by atoms with E-state index in [1.54, 1.807) is 23.3 Å². The highest BCUT2D eigenvalue weighted by molar-refractivity contribution is 7.48. The van der Waals surface area contributed by atoms with E-state index in [4.69, 9.17) is 37.3 Å². The molecule has 12 nitrogen and oxygen atoms in total. The molecule has 0 bridgehead atoms. The number of phosphoric ester groups is 1. The van der Waals surface area contributed by atoms with Crippen LogP contribution >= 0.6 is 7.82 Å². The Morgan fingerprint density at radius 3 is 1.36 bits per heavy atom. The van der Waals surface area contributed by atoms with E-state index < -0.39 is 44.4 Å². The summed E-state index contributed by atoms with van der Waals surface area (Å²) in [7, 11) is -4.59. The molecule has 78 heavy (non-hydrogen) atoms. The Kier molecular flexibility index (Phi) is 27.4. The molecule has 0 spiro atoms. The highest BCUT2D eigenvalue weighted by Crippen LogP contribution is 2.54. The van der Waals surface area contributed by atoms with Gasteiger partial charge in [0.15, 0.2) is 0 Å². The molecular weight excluding hydrogens is 1000 g/mol. The van der Waals surface area contributed by atoms with Gasteiger partial charge < -0.3 is 28.3 Å². The van der Waals surface area contributed by atoms with Gasteiger partial charge in [0.05, 0.1) is 64.2 Å². The molecule has 0 saturated heterocycles. The zero-order valence-electron chi connectivity index (χ0n) is 46.0. The number of nitrogens with zero attached hydrogens (tertiary/aromatic N) is 2. The Morgan fingerprint density at radius 2 is 0.910 bits per heavy atom. The number of phosphoric acid groups is 1. The van der Waals surface area contributed by atoms with Crippen LogP contribution in [0.15, 0.2) is 170 Å². The minimum atomic E-state index is -4.59. The molecule has 1 fully saturated rings. The van der Waals surface area contributed by atoms with Gasteiger partial charge in [0.25, 0.3) is 0 Å². The fraction of sp³-hybridized carbons (Fsp3) is 0.477. The number of imidazole rings is 1. The van der Waals surface area contributed by atoms with E-state index in [1.807, 2.05) is 152 Å². The molecule has 7 atom stereocenters. The van der Waals surface area contributed by atoms with Crippen molar-refractivity contribution >= 4 is 13.8 Å². The predicted molar refractivity (Wildman–Crippen MR) is 306 cm³/mol. The number of benzene rings is 5. The van der Waals surface area contributed by atoms with Gasteiger partial charge in [-0.2, -0.15) is 0 Å². The predicted octanol–water partition coefficient (Wildman–Crippen LogP) is 15.7. The van der Waals surface area contributed by atoms with Crippen molar-refractivity contribution in [3.05, 3.63) is 198 Å². The van der Waals surface area contributed by atoms with Gasteiger partial charge in [-0.3, -0.25) is 18.4 Å². The van der Waals surface area contributed by atoms with Gasteiger partial charge in [-0.05, 0) is 34.2 Å². The largest absolute Gasteiger partial charge is 0.475 e. The van der Waals surface area contributed by atoms with Crippen molar-refractivity contribution in [3.63, 3.8) is 0 Å². The lowest BCUT2D eigenvalue weighted by Crippen LogP contribution is -2.59. The maximum atomic E-state index is 15.8. The van der Waals surface area contributed by atoms with E-state index in [0.717, 1.165) is 47.1 Å². The molecule has 1 saturated carbocycles. The van der Waals surface area contributed by atoms with E-state index in [-0.39, 0.29) is 45.6 Å². The van der Waals surface area contributed by atoms with Crippen molar-refractivity contribution in [2.75, 3.05) is 13.2 Å². The monoisotopic (exact) mass is 1080 g/mol. The first-order chi connectivity index (χ1) is 38.4. The molecule has 1 aliphatic rings. The topological polar surface area (TPSA) is 126 Å². The van der Waals surface area contributed by atoms with Crippen molar-refractivity contribution in [2.45, 2.75) is 186 Å². The zero-order valence-corrected chi connectivity index (χ0v) is 46.9. The second-order valence-electron chi connectivity index (χ2n) is 20.5. The quantitative estimate of drug-likeness (QED) is 0.0208. The summed E-state index contributed by atoms with van der Waals surface area (Å²) in [5.41, 5.74) is 4.59. The Bertz CT molecular complexity index is 2510. The van der Waals surface area contributed by atoms with E-state index in [9.17, 15) is 4.79 Å². The smallest absolute Gasteiger partial charge is 0.463 e. The average Bonchev–Trinajstić information content (AvgIpc) is 4.09. The first-order valence-corrected chi connectivity index (χ1v) is 30.3. The van der Waals surface area contributed by atoms with Crippen molar-refractivity contribution in [2.24, 2.45) is 0 Å². The molecule has 0 aliphatic heterocycles. The summed E-state index contributed by atoms with van der Waals surface area (Å²) in [6, 6.07) is 48.5. The SMILES string of the molecule is CCCCCCCCCCCCCCCCCC(=O)OC[C@H](COP(=O)(OCc1ccccc1)O[C@H]1[C@H](OCc2ccccc2)[C@@H](OCc2ccccc2)[C@H](OCc2ccccc2)C[C@H]1OCc1ccccc1)n1ccnc1. The van der Waals surface area contributed by atoms with E-state index >= 15 is 4.57 Å². The lowest BCUT2D eigenvalue weighted by atomic mass is 9.86. The number of carbonyl (C=O) groups is 1. The second kappa shape index (κ2) is 35.4. The van der Waals surface area contributed by atoms with Gasteiger partial charge in [-0.25, -0.2) is 9.55 Å². The molecular formula is C65H85N2O10P. The molecule has 6 aromatic rings. The number of aromatic nitrogens is 2. The summed E-state index contributed by atoms with van der Waals surface area (Å²) < 4.78 is 70.8. The number of esters is 1. The molecule has 7 rings (SSSR count). The van der Waals surface area contributed by atoms with Crippen molar-refractivity contribution in [3.8, 4) is 0 Å². The molecule has 0 amide bonds. The normalized spacial score (nSPS) is 18.6. The maximum absolute atomic E-state index is 15.8. The van der Waals surface area contributed by atoms with Gasteiger partial charge in [-0.15, -0.1) is 0 Å². The average molecular weight is 1090 g/mol. The van der Waals surface area contributed by atoms with Gasteiger partial charge in [0.1, 0.15) is 24.9 Å². The van der Waals surface area contributed by atoms with Crippen LogP contribution in [-0.2, 0) is 79.6 Å². The maximum Gasteiger partial charge on any atom is 0.475 e. The zero-order chi connectivity index (χ0) is 54.1. The first-order valence-electron chi connectivity index (χ1n) is 28.8. The number of rotatable bonds is 39. The third-order valence-corrected chi connectivity index (χ3v) is 15.7. The van der Waals surface area contributed by atoms with Crippen molar-refractivity contribution < 1.29 is 46.6 Å². The summed E-state index contributed by atoms with van der Waals surface area (Å²) in [5.74, 6) is -0.292. The summed E-state index contributed by atoms with van der Waals surface area (Å²) in [5, 5.41) is 0. The van der Waals surface area contributed by atoms with E-state index in [0.29, 0.717) is 19.4 Å². The summed E-state index contributed by atoms with van der Waals surface area (Å²) >= 11 is 0. The third-order valence-electron chi connectivity index (χ3n) is 14.3.